The van der Waals surface area contributed by atoms with Gasteiger partial charge in [0.05, 0.1) is 39.8 Å². The standard InChI is InChI=1S/C31H24N4/c1-31(2)24-10-3-5-12-27(24)34(28-13-6-4-11-25(28)31)21-15-16-26-23(19-21)30-29(14-8-18-33-30)35(26)22-9-7-17-32-20-22/h3-20H,1-2H3. The summed E-state index contributed by atoms with van der Waals surface area (Å²) in [5, 5.41) is 1.13. The molecule has 1 aliphatic heterocycles. The van der Waals surface area contributed by atoms with Crippen molar-refractivity contribution in [1.29, 1.82) is 0 Å². The highest BCUT2D eigenvalue weighted by Crippen LogP contribution is 2.52. The maximum absolute atomic E-state index is 4.79. The fraction of sp³-hybridized carbons (Fsp3) is 0.0968. The first kappa shape index (κ1) is 20.0. The molecule has 168 valence electrons. The summed E-state index contributed by atoms with van der Waals surface area (Å²) in [6.45, 7) is 4.63. The van der Waals surface area contributed by atoms with Crippen molar-refractivity contribution in [1.82, 2.24) is 14.5 Å². The van der Waals surface area contributed by atoms with Gasteiger partial charge in [-0.1, -0.05) is 50.2 Å². The van der Waals surface area contributed by atoms with Gasteiger partial charge in [0.15, 0.2) is 0 Å². The van der Waals surface area contributed by atoms with Crippen molar-refractivity contribution < 1.29 is 0 Å². The number of aromatic nitrogens is 3. The predicted molar refractivity (Wildman–Crippen MR) is 143 cm³/mol. The van der Waals surface area contributed by atoms with Crippen molar-refractivity contribution in [2.75, 3.05) is 4.90 Å². The maximum atomic E-state index is 4.79. The van der Waals surface area contributed by atoms with Crippen LogP contribution in [-0.2, 0) is 5.41 Å². The third-order valence-electron chi connectivity index (χ3n) is 7.30. The van der Waals surface area contributed by atoms with Crippen LogP contribution in [0.4, 0.5) is 17.1 Å². The molecule has 0 aliphatic carbocycles. The van der Waals surface area contributed by atoms with E-state index in [1.54, 1.807) is 6.20 Å². The zero-order valence-corrected chi connectivity index (χ0v) is 19.7. The molecule has 0 saturated carbocycles. The van der Waals surface area contributed by atoms with Gasteiger partial charge in [-0.25, -0.2) is 0 Å². The summed E-state index contributed by atoms with van der Waals surface area (Å²) in [7, 11) is 0. The van der Waals surface area contributed by atoms with E-state index in [2.05, 4.69) is 107 Å². The van der Waals surface area contributed by atoms with E-state index >= 15 is 0 Å². The highest BCUT2D eigenvalue weighted by atomic mass is 15.2. The Kier molecular flexibility index (Phi) is 4.15. The average molecular weight is 453 g/mol. The summed E-state index contributed by atoms with van der Waals surface area (Å²) in [4.78, 5) is 11.5. The van der Waals surface area contributed by atoms with Crippen molar-refractivity contribution in [3.63, 3.8) is 0 Å². The number of pyridine rings is 2. The van der Waals surface area contributed by atoms with Crippen LogP contribution in [0.2, 0.25) is 0 Å². The summed E-state index contributed by atoms with van der Waals surface area (Å²) in [6, 6.07) is 32.4. The van der Waals surface area contributed by atoms with E-state index < -0.39 is 0 Å². The number of rotatable bonds is 2. The summed E-state index contributed by atoms with van der Waals surface area (Å²) in [6.07, 6.45) is 5.58. The molecule has 7 rings (SSSR count). The van der Waals surface area contributed by atoms with Crippen LogP contribution in [0, 0.1) is 0 Å². The molecule has 0 amide bonds. The van der Waals surface area contributed by atoms with Gasteiger partial charge in [0, 0.05) is 28.9 Å². The average Bonchev–Trinajstić information content (AvgIpc) is 3.23. The molecule has 4 nitrogen and oxygen atoms in total. The monoisotopic (exact) mass is 452 g/mol. The van der Waals surface area contributed by atoms with Crippen LogP contribution >= 0.6 is 0 Å². The normalized spacial score (nSPS) is 14.2. The van der Waals surface area contributed by atoms with Gasteiger partial charge in [-0.05, 0) is 65.7 Å². The van der Waals surface area contributed by atoms with Gasteiger partial charge < -0.3 is 9.47 Å². The molecule has 4 heteroatoms. The van der Waals surface area contributed by atoms with E-state index in [1.165, 1.54) is 22.5 Å². The molecule has 0 fully saturated rings. The Balaban J connectivity index is 1.52. The van der Waals surface area contributed by atoms with Crippen molar-refractivity contribution in [2.24, 2.45) is 0 Å². The van der Waals surface area contributed by atoms with Crippen LogP contribution < -0.4 is 4.90 Å². The quantitative estimate of drug-likeness (QED) is 0.270. The van der Waals surface area contributed by atoms with Gasteiger partial charge in [-0.2, -0.15) is 0 Å². The Bertz CT molecular complexity index is 1680. The second-order valence-corrected chi connectivity index (χ2v) is 9.61. The minimum atomic E-state index is -0.0777. The lowest BCUT2D eigenvalue weighted by Gasteiger charge is -2.42. The Hall–Kier alpha value is -4.44. The van der Waals surface area contributed by atoms with Crippen molar-refractivity contribution in [3.05, 3.63) is 121 Å². The third kappa shape index (κ3) is 2.80. The molecule has 4 heterocycles. The Morgan fingerprint density at radius 3 is 2.09 bits per heavy atom. The molecule has 0 radical (unpaired) electrons. The smallest absolute Gasteiger partial charge is 0.0964 e. The summed E-state index contributed by atoms with van der Waals surface area (Å²) < 4.78 is 2.25. The summed E-state index contributed by atoms with van der Waals surface area (Å²) in [5.74, 6) is 0. The lowest BCUT2D eigenvalue weighted by atomic mass is 9.73. The fourth-order valence-electron chi connectivity index (χ4n) is 5.67. The summed E-state index contributed by atoms with van der Waals surface area (Å²) in [5.41, 5.74) is 10.4. The number of benzene rings is 3. The van der Waals surface area contributed by atoms with Crippen LogP contribution in [0.15, 0.2) is 110 Å². The van der Waals surface area contributed by atoms with Gasteiger partial charge in [-0.15, -0.1) is 0 Å². The van der Waals surface area contributed by atoms with Crippen molar-refractivity contribution in [2.45, 2.75) is 19.3 Å². The molecule has 0 unspecified atom stereocenters. The molecular formula is C31H24N4. The van der Waals surface area contributed by atoms with Gasteiger partial charge in [-0.3, -0.25) is 9.97 Å². The fourth-order valence-corrected chi connectivity index (χ4v) is 5.67. The molecule has 0 N–H and O–H groups in total. The van der Waals surface area contributed by atoms with Crippen LogP contribution in [0.1, 0.15) is 25.0 Å². The first-order valence-electron chi connectivity index (χ1n) is 11.9. The Morgan fingerprint density at radius 1 is 0.657 bits per heavy atom. The van der Waals surface area contributed by atoms with E-state index in [-0.39, 0.29) is 5.41 Å². The zero-order valence-electron chi connectivity index (χ0n) is 19.7. The highest BCUT2D eigenvalue weighted by molar-refractivity contribution is 6.08. The molecule has 0 atom stereocenters. The largest absolute Gasteiger partial charge is 0.310 e. The molecule has 1 aliphatic rings. The number of anilines is 3. The number of fused-ring (bicyclic) bond motifs is 5. The molecule has 3 aromatic carbocycles. The van der Waals surface area contributed by atoms with E-state index in [4.69, 9.17) is 4.98 Å². The third-order valence-corrected chi connectivity index (χ3v) is 7.30. The van der Waals surface area contributed by atoms with E-state index in [9.17, 15) is 0 Å². The maximum Gasteiger partial charge on any atom is 0.0964 e. The molecule has 0 spiro atoms. The van der Waals surface area contributed by atoms with Crippen LogP contribution in [0.5, 0.6) is 0 Å². The Labute approximate surface area is 204 Å². The summed E-state index contributed by atoms with van der Waals surface area (Å²) >= 11 is 0. The minimum absolute atomic E-state index is 0.0777. The number of hydrogen-bond donors (Lipinski definition) is 0. The SMILES string of the molecule is CC1(C)c2ccccc2N(c2ccc3c(c2)c2ncccc2n3-c2cccnc2)c2ccccc21. The second kappa shape index (κ2) is 7.28. The second-order valence-electron chi connectivity index (χ2n) is 9.61. The van der Waals surface area contributed by atoms with Crippen LogP contribution in [0.25, 0.3) is 27.6 Å². The number of hydrogen-bond acceptors (Lipinski definition) is 3. The molecule has 0 saturated heterocycles. The molecule has 35 heavy (non-hydrogen) atoms. The van der Waals surface area contributed by atoms with Gasteiger partial charge in [0.25, 0.3) is 0 Å². The topological polar surface area (TPSA) is 34.0 Å². The first-order valence-corrected chi connectivity index (χ1v) is 11.9. The van der Waals surface area contributed by atoms with Crippen molar-refractivity contribution in [3.8, 4) is 5.69 Å². The van der Waals surface area contributed by atoms with E-state index in [0.717, 1.165) is 33.3 Å². The molecule has 3 aromatic heterocycles. The van der Waals surface area contributed by atoms with Gasteiger partial charge in [0.2, 0.25) is 0 Å². The zero-order chi connectivity index (χ0) is 23.6. The van der Waals surface area contributed by atoms with Crippen LogP contribution in [0.3, 0.4) is 0 Å². The van der Waals surface area contributed by atoms with Gasteiger partial charge in [0.1, 0.15) is 0 Å². The van der Waals surface area contributed by atoms with E-state index in [1.807, 2.05) is 24.5 Å². The molecule has 6 aromatic rings. The van der Waals surface area contributed by atoms with Crippen molar-refractivity contribution >= 4 is 39.0 Å². The Morgan fingerprint density at radius 2 is 1.37 bits per heavy atom. The number of nitrogens with zero attached hydrogens (tertiary/aromatic N) is 4. The highest BCUT2D eigenvalue weighted by Gasteiger charge is 2.36. The number of para-hydroxylation sites is 2. The first-order chi connectivity index (χ1) is 17.1. The molecular weight excluding hydrogens is 428 g/mol. The lowest BCUT2D eigenvalue weighted by molar-refractivity contribution is 0.632. The molecule has 0 bridgehead atoms. The van der Waals surface area contributed by atoms with Crippen LogP contribution in [-0.4, -0.2) is 14.5 Å². The van der Waals surface area contributed by atoms with Gasteiger partial charge >= 0.3 is 0 Å². The lowest BCUT2D eigenvalue weighted by Crippen LogP contribution is -2.30. The predicted octanol–water partition coefficient (Wildman–Crippen LogP) is 7.68. The van der Waals surface area contributed by atoms with E-state index in [0.29, 0.717) is 0 Å². The minimum Gasteiger partial charge on any atom is -0.310 e.